The van der Waals surface area contributed by atoms with E-state index in [0.29, 0.717) is 5.69 Å². The molecule has 25 heavy (non-hydrogen) atoms. The summed E-state index contributed by atoms with van der Waals surface area (Å²) in [6.07, 6.45) is 3.15. The first kappa shape index (κ1) is 18.9. The number of benzene rings is 1. The summed E-state index contributed by atoms with van der Waals surface area (Å²) in [5, 5.41) is 7.00. The molecule has 0 saturated heterocycles. The van der Waals surface area contributed by atoms with Gasteiger partial charge in [0.2, 0.25) is 15.9 Å². The van der Waals surface area contributed by atoms with Crippen molar-refractivity contribution in [3.05, 3.63) is 47.3 Å². The summed E-state index contributed by atoms with van der Waals surface area (Å²) in [6.45, 7) is 3.82. The smallest absolute Gasteiger partial charge is 0.248 e. The van der Waals surface area contributed by atoms with E-state index >= 15 is 0 Å². The van der Waals surface area contributed by atoms with Crippen LogP contribution in [0.4, 0.5) is 5.69 Å². The molecule has 1 aromatic heterocycles. The Morgan fingerprint density at radius 1 is 1.20 bits per heavy atom. The van der Waals surface area contributed by atoms with Gasteiger partial charge in [0.1, 0.15) is 0 Å². The second-order valence-electron chi connectivity index (χ2n) is 5.84. The van der Waals surface area contributed by atoms with Crippen LogP contribution in [0.1, 0.15) is 17.0 Å². The molecule has 134 valence electrons. The molecule has 0 saturated carbocycles. The lowest BCUT2D eigenvalue weighted by Gasteiger charge is -2.11. The van der Waals surface area contributed by atoms with Crippen molar-refractivity contribution in [1.82, 2.24) is 14.1 Å². The first-order valence-electron chi connectivity index (χ1n) is 7.65. The fourth-order valence-corrected chi connectivity index (χ4v) is 3.20. The van der Waals surface area contributed by atoms with Gasteiger partial charge in [0.25, 0.3) is 0 Å². The minimum Gasteiger partial charge on any atom is -0.323 e. The maximum atomic E-state index is 12.1. The summed E-state index contributed by atoms with van der Waals surface area (Å²) in [6, 6.07) is 6.04. The zero-order valence-corrected chi connectivity index (χ0v) is 15.8. The summed E-state index contributed by atoms with van der Waals surface area (Å²) in [5.74, 6) is -0.300. The topological polar surface area (TPSA) is 84.3 Å². The van der Waals surface area contributed by atoms with Crippen molar-refractivity contribution in [3.63, 3.8) is 0 Å². The Morgan fingerprint density at radius 2 is 1.80 bits per heavy atom. The molecule has 1 heterocycles. The molecule has 8 heteroatoms. The van der Waals surface area contributed by atoms with Crippen molar-refractivity contribution in [2.24, 2.45) is 7.05 Å². The van der Waals surface area contributed by atoms with E-state index in [1.807, 2.05) is 20.9 Å². The predicted molar refractivity (Wildman–Crippen MR) is 97.7 cm³/mol. The SMILES string of the molecule is Cc1nn(C)c(C)c1/C=C/C(=O)Nc1ccc(S(=O)(=O)N(C)C)cc1. The fraction of sp³-hybridized carbons (Fsp3) is 0.294. The van der Waals surface area contributed by atoms with E-state index in [1.165, 1.54) is 32.3 Å². The van der Waals surface area contributed by atoms with E-state index in [0.717, 1.165) is 21.3 Å². The van der Waals surface area contributed by atoms with Crippen LogP contribution in [0.5, 0.6) is 0 Å². The molecule has 0 spiro atoms. The van der Waals surface area contributed by atoms with Gasteiger partial charge >= 0.3 is 0 Å². The van der Waals surface area contributed by atoms with Crippen LogP contribution in [-0.4, -0.2) is 42.5 Å². The van der Waals surface area contributed by atoms with Crippen LogP contribution >= 0.6 is 0 Å². The third-order valence-corrected chi connectivity index (χ3v) is 5.70. The van der Waals surface area contributed by atoms with Gasteiger partial charge in [-0.15, -0.1) is 0 Å². The highest BCUT2D eigenvalue weighted by molar-refractivity contribution is 7.89. The summed E-state index contributed by atoms with van der Waals surface area (Å²) in [7, 11) is 1.31. The summed E-state index contributed by atoms with van der Waals surface area (Å²) in [4.78, 5) is 12.2. The summed E-state index contributed by atoms with van der Waals surface area (Å²) < 4.78 is 26.9. The molecule has 0 atom stereocenters. The standard InChI is InChI=1S/C17H22N4O3S/c1-12-16(13(2)21(5)19-12)10-11-17(22)18-14-6-8-15(9-7-14)25(23,24)20(3)4/h6-11H,1-5H3,(H,18,22)/b11-10+. The lowest BCUT2D eigenvalue weighted by atomic mass is 10.2. The normalized spacial score (nSPS) is 12.1. The van der Waals surface area contributed by atoms with Crippen molar-refractivity contribution >= 4 is 27.7 Å². The second-order valence-corrected chi connectivity index (χ2v) is 7.99. The van der Waals surface area contributed by atoms with Gasteiger partial charge in [-0.25, -0.2) is 12.7 Å². The van der Waals surface area contributed by atoms with Gasteiger partial charge in [-0.2, -0.15) is 5.10 Å². The number of sulfonamides is 1. The number of rotatable bonds is 5. The van der Waals surface area contributed by atoms with E-state index < -0.39 is 10.0 Å². The number of amides is 1. The highest BCUT2D eigenvalue weighted by atomic mass is 32.2. The van der Waals surface area contributed by atoms with Crippen molar-refractivity contribution in [1.29, 1.82) is 0 Å². The van der Waals surface area contributed by atoms with Crippen molar-refractivity contribution in [3.8, 4) is 0 Å². The van der Waals surface area contributed by atoms with Gasteiger partial charge in [0.15, 0.2) is 0 Å². The third-order valence-electron chi connectivity index (χ3n) is 3.87. The van der Waals surface area contributed by atoms with E-state index in [-0.39, 0.29) is 10.8 Å². The highest BCUT2D eigenvalue weighted by Gasteiger charge is 2.16. The number of nitrogens with zero attached hydrogens (tertiary/aromatic N) is 3. The maximum absolute atomic E-state index is 12.1. The van der Waals surface area contributed by atoms with Gasteiger partial charge in [0, 0.05) is 44.2 Å². The maximum Gasteiger partial charge on any atom is 0.248 e. The predicted octanol–water partition coefficient (Wildman–Crippen LogP) is 1.94. The van der Waals surface area contributed by atoms with E-state index in [4.69, 9.17) is 0 Å². The molecular weight excluding hydrogens is 340 g/mol. The molecule has 2 rings (SSSR count). The van der Waals surface area contributed by atoms with Crippen LogP contribution in [0.2, 0.25) is 0 Å². The molecule has 0 fully saturated rings. The molecule has 0 unspecified atom stereocenters. The Labute approximate surface area is 148 Å². The average Bonchev–Trinajstić information content (AvgIpc) is 2.78. The van der Waals surface area contributed by atoms with E-state index in [1.54, 1.807) is 22.9 Å². The third kappa shape index (κ3) is 4.15. The quantitative estimate of drug-likeness (QED) is 0.824. The van der Waals surface area contributed by atoms with Crippen LogP contribution in [-0.2, 0) is 21.9 Å². The zero-order valence-electron chi connectivity index (χ0n) is 14.9. The first-order chi connectivity index (χ1) is 11.6. The Bertz CT molecular complexity index is 910. The Morgan fingerprint density at radius 3 is 2.28 bits per heavy atom. The second kappa shape index (κ2) is 7.20. The van der Waals surface area contributed by atoms with Crippen molar-refractivity contribution < 1.29 is 13.2 Å². The molecule has 1 aromatic carbocycles. The van der Waals surface area contributed by atoms with Gasteiger partial charge in [-0.05, 0) is 44.2 Å². The Hall–Kier alpha value is -2.45. The van der Waals surface area contributed by atoms with Crippen LogP contribution in [0.25, 0.3) is 6.08 Å². The molecule has 0 bridgehead atoms. The molecule has 7 nitrogen and oxygen atoms in total. The number of aryl methyl sites for hydroxylation is 2. The molecule has 0 aliphatic heterocycles. The lowest BCUT2D eigenvalue weighted by Crippen LogP contribution is -2.22. The number of hydrogen-bond donors (Lipinski definition) is 1. The van der Waals surface area contributed by atoms with Gasteiger partial charge < -0.3 is 5.32 Å². The van der Waals surface area contributed by atoms with Crippen molar-refractivity contribution in [2.45, 2.75) is 18.7 Å². The number of aromatic nitrogens is 2. The van der Waals surface area contributed by atoms with E-state index in [2.05, 4.69) is 10.4 Å². The zero-order chi connectivity index (χ0) is 18.8. The Kier molecular flexibility index (Phi) is 5.44. The molecule has 2 aromatic rings. The van der Waals surface area contributed by atoms with Gasteiger partial charge in [0.05, 0.1) is 10.6 Å². The monoisotopic (exact) mass is 362 g/mol. The summed E-state index contributed by atoms with van der Waals surface area (Å²) >= 11 is 0. The van der Waals surface area contributed by atoms with Crippen LogP contribution < -0.4 is 5.32 Å². The molecular formula is C17H22N4O3S. The highest BCUT2D eigenvalue weighted by Crippen LogP contribution is 2.17. The average molecular weight is 362 g/mol. The first-order valence-corrected chi connectivity index (χ1v) is 9.09. The van der Waals surface area contributed by atoms with E-state index in [9.17, 15) is 13.2 Å². The number of hydrogen-bond acceptors (Lipinski definition) is 4. The van der Waals surface area contributed by atoms with Crippen LogP contribution in [0.3, 0.4) is 0 Å². The minimum absolute atomic E-state index is 0.174. The van der Waals surface area contributed by atoms with Gasteiger partial charge in [-0.3, -0.25) is 9.48 Å². The van der Waals surface area contributed by atoms with Crippen LogP contribution in [0.15, 0.2) is 35.2 Å². The molecule has 1 N–H and O–H groups in total. The fourth-order valence-electron chi connectivity index (χ4n) is 2.30. The van der Waals surface area contributed by atoms with Gasteiger partial charge in [-0.1, -0.05) is 0 Å². The minimum atomic E-state index is -3.48. The molecule has 0 aliphatic rings. The molecule has 0 aliphatic carbocycles. The van der Waals surface area contributed by atoms with Crippen molar-refractivity contribution in [2.75, 3.05) is 19.4 Å². The lowest BCUT2D eigenvalue weighted by molar-refractivity contribution is -0.111. The Balaban J connectivity index is 2.10. The molecule has 1 amide bonds. The number of anilines is 1. The largest absolute Gasteiger partial charge is 0.323 e. The molecule has 0 radical (unpaired) electrons. The van der Waals surface area contributed by atoms with Crippen LogP contribution in [0, 0.1) is 13.8 Å². The number of carbonyl (C=O) groups is 1. The number of carbonyl (C=O) groups excluding carboxylic acids is 1. The number of nitrogens with one attached hydrogen (secondary N) is 1. The summed E-state index contributed by atoms with van der Waals surface area (Å²) in [5.41, 5.74) is 3.25.